The monoisotopic (exact) mass is 333 g/mol. The van der Waals surface area contributed by atoms with Crippen molar-refractivity contribution in [3.63, 3.8) is 0 Å². The molecule has 0 aromatic heterocycles. The van der Waals surface area contributed by atoms with Crippen LogP contribution in [0.2, 0.25) is 0 Å². The van der Waals surface area contributed by atoms with Crippen LogP contribution in [0.3, 0.4) is 0 Å². The summed E-state index contributed by atoms with van der Waals surface area (Å²) in [6, 6.07) is 5.55. The number of ether oxygens (including phenoxy) is 3. The third-order valence-electron chi connectivity index (χ3n) is 4.42. The minimum absolute atomic E-state index is 0.000285. The van der Waals surface area contributed by atoms with E-state index in [1.807, 2.05) is 18.2 Å². The van der Waals surface area contributed by atoms with E-state index in [-0.39, 0.29) is 24.9 Å². The summed E-state index contributed by atoms with van der Waals surface area (Å²) in [5.74, 6) is 1.26. The lowest BCUT2D eigenvalue weighted by atomic mass is 10.0. The van der Waals surface area contributed by atoms with Crippen LogP contribution in [0.15, 0.2) is 24.3 Å². The topological polar surface area (TPSA) is 77.0 Å². The molecule has 1 aromatic rings. The van der Waals surface area contributed by atoms with Crippen molar-refractivity contribution < 1.29 is 24.1 Å². The minimum atomic E-state index is -0.328. The Hall–Kier alpha value is -2.05. The fraction of sp³-hybridized carbons (Fsp3) is 0.500. The van der Waals surface area contributed by atoms with E-state index < -0.39 is 0 Å². The van der Waals surface area contributed by atoms with Crippen molar-refractivity contribution in [3.8, 4) is 11.5 Å². The molecule has 1 fully saturated rings. The summed E-state index contributed by atoms with van der Waals surface area (Å²) in [5, 5.41) is 11.9. The SMILES string of the molecule is O=C(C=Cc1ccc2c(c1)OCO2)NCC1(OCCO)CCCC1. The second kappa shape index (κ2) is 7.68. The molecular weight excluding hydrogens is 310 g/mol. The van der Waals surface area contributed by atoms with Crippen LogP contribution in [0.1, 0.15) is 31.2 Å². The first-order valence-corrected chi connectivity index (χ1v) is 8.31. The van der Waals surface area contributed by atoms with E-state index in [0.29, 0.717) is 18.9 Å². The van der Waals surface area contributed by atoms with Crippen molar-refractivity contribution in [2.24, 2.45) is 0 Å². The van der Waals surface area contributed by atoms with Gasteiger partial charge >= 0.3 is 0 Å². The Morgan fingerprint density at radius 1 is 1.29 bits per heavy atom. The number of rotatable bonds is 7. The van der Waals surface area contributed by atoms with Gasteiger partial charge < -0.3 is 24.6 Å². The molecule has 0 radical (unpaired) electrons. The largest absolute Gasteiger partial charge is 0.454 e. The lowest BCUT2D eigenvalue weighted by Gasteiger charge is -2.29. The fourth-order valence-electron chi connectivity index (χ4n) is 3.15. The summed E-state index contributed by atoms with van der Waals surface area (Å²) in [4.78, 5) is 12.1. The Kier molecular flexibility index (Phi) is 5.37. The molecule has 0 saturated heterocycles. The van der Waals surface area contributed by atoms with Gasteiger partial charge in [0, 0.05) is 12.6 Å². The van der Waals surface area contributed by atoms with Gasteiger partial charge in [-0.25, -0.2) is 0 Å². The highest BCUT2D eigenvalue weighted by Gasteiger charge is 2.34. The van der Waals surface area contributed by atoms with Gasteiger partial charge in [0.05, 0.1) is 18.8 Å². The van der Waals surface area contributed by atoms with Crippen LogP contribution in [0.25, 0.3) is 6.08 Å². The minimum Gasteiger partial charge on any atom is -0.454 e. The number of aliphatic hydroxyl groups excluding tert-OH is 1. The summed E-state index contributed by atoms with van der Waals surface area (Å²) >= 11 is 0. The van der Waals surface area contributed by atoms with E-state index in [2.05, 4.69) is 5.32 Å². The van der Waals surface area contributed by atoms with Crippen LogP contribution < -0.4 is 14.8 Å². The second-order valence-electron chi connectivity index (χ2n) is 6.13. The van der Waals surface area contributed by atoms with Gasteiger partial charge in [0.25, 0.3) is 0 Å². The molecule has 0 bridgehead atoms. The van der Waals surface area contributed by atoms with Crippen LogP contribution in [0, 0.1) is 0 Å². The summed E-state index contributed by atoms with van der Waals surface area (Å²) in [5.41, 5.74) is 0.548. The zero-order valence-corrected chi connectivity index (χ0v) is 13.6. The number of carbonyl (C=O) groups excluding carboxylic acids is 1. The molecule has 1 saturated carbocycles. The molecule has 24 heavy (non-hydrogen) atoms. The molecule has 6 nitrogen and oxygen atoms in total. The number of fused-ring (bicyclic) bond motifs is 1. The van der Waals surface area contributed by atoms with Gasteiger partial charge in [-0.1, -0.05) is 18.9 Å². The number of carbonyl (C=O) groups is 1. The van der Waals surface area contributed by atoms with Crippen molar-refractivity contribution in [3.05, 3.63) is 29.8 Å². The molecule has 1 amide bonds. The Morgan fingerprint density at radius 2 is 2.08 bits per heavy atom. The molecule has 1 aromatic carbocycles. The number of amides is 1. The van der Waals surface area contributed by atoms with Crippen LogP contribution in [0.4, 0.5) is 0 Å². The number of nitrogens with one attached hydrogen (secondary N) is 1. The number of aliphatic hydroxyl groups is 1. The molecule has 0 spiro atoms. The van der Waals surface area contributed by atoms with Crippen molar-refractivity contribution in [2.45, 2.75) is 31.3 Å². The summed E-state index contributed by atoms with van der Waals surface area (Å²) in [7, 11) is 0. The zero-order chi connectivity index (χ0) is 16.8. The first kappa shape index (κ1) is 16.8. The molecule has 6 heteroatoms. The molecule has 1 aliphatic heterocycles. The Balaban J connectivity index is 1.53. The molecule has 130 valence electrons. The number of hydrogen-bond donors (Lipinski definition) is 2. The number of hydrogen-bond acceptors (Lipinski definition) is 5. The molecule has 2 N–H and O–H groups in total. The van der Waals surface area contributed by atoms with Crippen molar-refractivity contribution in [2.75, 3.05) is 26.6 Å². The van der Waals surface area contributed by atoms with E-state index >= 15 is 0 Å². The molecule has 2 aliphatic rings. The second-order valence-corrected chi connectivity index (χ2v) is 6.13. The lowest BCUT2D eigenvalue weighted by Crippen LogP contribution is -2.43. The van der Waals surface area contributed by atoms with E-state index in [0.717, 1.165) is 37.0 Å². The third kappa shape index (κ3) is 4.07. The van der Waals surface area contributed by atoms with Crippen molar-refractivity contribution in [1.82, 2.24) is 5.32 Å². The van der Waals surface area contributed by atoms with E-state index in [9.17, 15) is 4.79 Å². The standard InChI is InChI=1S/C18H23NO5/c20-9-10-24-18(7-1-2-8-18)12-19-17(21)6-4-14-3-5-15-16(11-14)23-13-22-15/h3-6,11,20H,1-2,7-10,12-13H2,(H,19,21). The van der Waals surface area contributed by atoms with Crippen LogP contribution in [-0.2, 0) is 9.53 Å². The van der Waals surface area contributed by atoms with Crippen LogP contribution in [0.5, 0.6) is 11.5 Å². The maximum absolute atomic E-state index is 12.1. The predicted molar refractivity (Wildman–Crippen MR) is 88.8 cm³/mol. The molecule has 3 rings (SSSR count). The van der Waals surface area contributed by atoms with Crippen LogP contribution >= 0.6 is 0 Å². The normalized spacial score (nSPS) is 18.2. The third-order valence-corrected chi connectivity index (χ3v) is 4.42. The van der Waals surface area contributed by atoms with Gasteiger partial charge in [0.1, 0.15) is 0 Å². The van der Waals surface area contributed by atoms with Gasteiger partial charge in [0.15, 0.2) is 11.5 Å². The summed E-state index contributed by atoms with van der Waals surface area (Å²) in [6.45, 7) is 1.01. The van der Waals surface area contributed by atoms with E-state index in [4.69, 9.17) is 19.3 Å². The maximum atomic E-state index is 12.1. The van der Waals surface area contributed by atoms with Crippen molar-refractivity contribution >= 4 is 12.0 Å². The smallest absolute Gasteiger partial charge is 0.244 e. The van der Waals surface area contributed by atoms with Gasteiger partial charge in [-0.05, 0) is 36.6 Å². The van der Waals surface area contributed by atoms with Gasteiger partial charge in [-0.2, -0.15) is 0 Å². The first-order valence-electron chi connectivity index (χ1n) is 8.31. The highest BCUT2D eigenvalue weighted by Crippen LogP contribution is 2.33. The highest BCUT2D eigenvalue weighted by molar-refractivity contribution is 5.91. The molecule has 0 unspecified atom stereocenters. The maximum Gasteiger partial charge on any atom is 0.244 e. The lowest BCUT2D eigenvalue weighted by molar-refractivity contribution is -0.118. The summed E-state index contributed by atoms with van der Waals surface area (Å²) in [6.07, 6.45) is 7.26. The van der Waals surface area contributed by atoms with Gasteiger partial charge in [-0.3, -0.25) is 4.79 Å². The number of benzene rings is 1. The van der Waals surface area contributed by atoms with Gasteiger partial charge in [0.2, 0.25) is 12.7 Å². The Morgan fingerprint density at radius 3 is 2.88 bits per heavy atom. The molecule has 1 heterocycles. The van der Waals surface area contributed by atoms with Gasteiger partial charge in [-0.15, -0.1) is 0 Å². The predicted octanol–water partition coefficient (Wildman–Crippen LogP) is 1.87. The molecular formula is C18H23NO5. The quantitative estimate of drug-likeness (QED) is 0.745. The fourth-order valence-corrected chi connectivity index (χ4v) is 3.15. The van der Waals surface area contributed by atoms with Crippen LogP contribution in [-0.4, -0.2) is 43.2 Å². The van der Waals surface area contributed by atoms with Crippen molar-refractivity contribution in [1.29, 1.82) is 0 Å². The Labute approximate surface area is 141 Å². The van der Waals surface area contributed by atoms with E-state index in [1.54, 1.807) is 6.08 Å². The first-order chi connectivity index (χ1) is 11.7. The average Bonchev–Trinajstić information content (AvgIpc) is 3.25. The van der Waals surface area contributed by atoms with E-state index in [1.165, 1.54) is 6.08 Å². The highest BCUT2D eigenvalue weighted by atomic mass is 16.7. The molecule has 1 aliphatic carbocycles. The Bertz CT molecular complexity index is 607. The summed E-state index contributed by atoms with van der Waals surface area (Å²) < 4.78 is 16.4. The zero-order valence-electron chi connectivity index (χ0n) is 13.6. The average molecular weight is 333 g/mol. The molecule has 0 atom stereocenters.